The first-order chi connectivity index (χ1) is 17.1. The molecular formula is C26H36FN9. The Bertz CT molecular complexity index is 1240. The highest BCUT2D eigenvalue weighted by Crippen LogP contribution is 2.43. The smallest absolute Gasteiger partial charge is 0.229 e. The Labute approximate surface area is 212 Å². The molecular weight excluding hydrogens is 457 g/mol. The van der Waals surface area contributed by atoms with Crippen molar-refractivity contribution in [3.63, 3.8) is 0 Å². The predicted molar refractivity (Wildman–Crippen MR) is 141 cm³/mol. The van der Waals surface area contributed by atoms with Crippen LogP contribution in [0.3, 0.4) is 0 Å². The van der Waals surface area contributed by atoms with Crippen molar-refractivity contribution < 1.29 is 4.39 Å². The lowest BCUT2D eigenvalue weighted by Gasteiger charge is -2.47. The summed E-state index contributed by atoms with van der Waals surface area (Å²) in [4.78, 5) is 15.8. The molecule has 0 radical (unpaired) electrons. The average Bonchev–Trinajstić information content (AvgIpc) is 3.57. The van der Waals surface area contributed by atoms with E-state index in [0.717, 1.165) is 49.4 Å². The largest absolute Gasteiger partial charge is 0.364 e. The van der Waals surface area contributed by atoms with Gasteiger partial charge in [0.25, 0.3) is 0 Å². The maximum Gasteiger partial charge on any atom is 0.229 e. The third-order valence-electron chi connectivity index (χ3n) is 7.00. The van der Waals surface area contributed by atoms with Crippen molar-refractivity contribution in [1.82, 2.24) is 29.9 Å². The van der Waals surface area contributed by atoms with E-state index in [0.29, 0.717) is 35.1 Å². The summed E-state index contributed by atoms with van der Waals surface area (Å²) < 4.78 is 14.6. The maximum absolute atomic E-state index is 14.6. The van der Waals surface area contributed by atoms with Crippen LogP contribution in [0.15, 0.2) is 24.5 Å². The van der Waals surface area contributed by atoms with E-state index in [2.05, 4.69) is 63.3 Å². The van der Waals surface area contributed by atoms with Crippen molar-refractivity contribution in [2.75, 3.05) is 35.2 Å². The summed E-state index contributed by atoms with van der Waals surface area (Å²) in [6.07, 6.45) is 5.60. The van der Waals surface area contributed by atoms with E-state index >= 15 is 0 Å². The number of aryl methyl sites for hydroxylation is 2. The summed E-state index contributed by atoms with van der Waals surface area (Å²) in [6, 6.07) is 4.08. The van der Waals surface area contributed by atoms with E-state index in [-0.39, 0.29) is 11.4 Å². The normalized spacial score (nSPS) is 19.0. The molecule has 3 heterocycles. The van der Waals surface area contributed by atoms with Gasteiger partial charge in [-0.05, 0) is 76.6 Å². The molecule has 10 heteroatoms. The van der Waals surface area contributed by atoms with Gasteiger partial charge in [0.05, 0.1) is 18.1 Å². The topological polar surface area (TPSA) is 87.0 Å². The molecule has 3 aromatic rings. The van der Waals surface area contributed by atoms with E-state index in [1.54, 1.807) is 20.2 Å². The zero-order valence-corrected chi connectivity index (χ0v) is 22.0. The molecule has 1 aliphatic carbocycles. The van der Waals surface area contributed by atoms with Crippen LogP contribution in [0.4, 0.5) is 33.3 Å². The molecule has 0 bridgehead atoms. The van der Waals surface area contributed by atoms with E-state index in [1.165, 1.54) is 4.80 Å². The number of nitrogens with zero attached hydrogens (tertiary/aromatic N) is 7. The van der Waals surface area contributed by atoms with Gasteiger partial charge in [0.15, 0.2) is 11.6 Å². The van der Waals surface area contributed by atoms with E-state index < -0.39 is 0 Å². The summed E-state index contributed by atoms with van der Waals surface area (Å²) in [6.45, 7) is 13.5. The summed E-state index contributed by atoms with van der Waals surface area (Å²) in [5.41, 5.74) is 3.23. The lowest BCUT2D eigenvalue weighted by atomic mass is 10.0. The minimum atomic E-state index is -0.104. The molecule has 1 aliphatic heterocycles. The molecule has 5 rings (SSSR count). The SMILES string of the molecule is Cc1cc(Nc2ncc(N3CCN(C(C)(C)C)[C@H](C)C3)c(Nc3cnn(C)n3)n2)cc(C2CC2)c1F. The standard InChI is InChI=1S/C26H36FN9/c1-16-11-19(12-20(23(16)27)18-7-8-18)30-25-28-13-21(24(32-25)31-22-14-29-34(6)33-22)35-9-10-36(17(2)15-35)26(3,4)5/h11-14,17-18H,7-10,15H2,1-6H3,(H2,28,30,31,32,33)/t17-/m1/s1. The van der Waals surface area contributed by atoms with E-state index in [4.69, 9.17) is 4.98 Å². The highest BCUT2D eigenvalue weighted by molar-refractivity contribution is 5.72. The first kappa shape index (κ1) is 24.4. The van der Waals surface area contributed by atoms with Gasteiger partial charge >= 0.3 is 0 Å². The van der Waals surface area contributed by atoms with Crippen molar-refractivity contribution >= 4 is 29.0 Å². The Kier molecular flexibility index (Phi) is 6.32. The van der Waals surface area contributed by atoms with Gasteiger partial charge in [0.1, 0.15) is 5.82 Å². The Hall–Kier alpha value is -3.27. The number of nitrogens with one attached hydrogen (secondary N) is 2. The monoisotopic (exact) mass is 493 g/mol. The van der Waals surface area contributed by atoms with Gasteiger partial charge < -0.3 is 15.5 Å². The van der Waals surface area contributed by atoms with Crippen LogP contribution in [0.5, 0.6) is 0 Å². The number of anilines is 5. The number of benzene rings is 1. The molecule has 1 saturated carbocycles. The van der Waals surface area contributed by atoms with E-state index in [1.807, 2.05) is 18.3 Å². The second-order valence-corrected chi connectivity index (χ2v) is 11.0. The fraction of sp³-hybridized carbons (Fsp3) is 0.538. The first-order valence-corrected chi connectivity index (χ1v) is 12.7. The zero-order chi connectivity index (χ0) is 25.6. The number of halogens is 1. The maximum atomic E-state index is 14.6. The van der Waals surface area contributed by atoms with Gasteiger partial charge in [-0.1, -0.05) is 0 Å². The van der Waals surface area contributed by atoms with E-state index in [9.17, 15) is 4.39 Å². The van der Waals surface area contributed by atoms with Crippen molar-refractivity contribution in [2.24, 2.45) is 7.05 Å². The number of hydrogen-bond donors (Lipinski definition) is 2. The Morgan fingerprint density at radius 3 is 2.50 bits per heavy atom. The summed E-state index contributed by atoms with van der Waals surface area (Å²) >= 11 is 0. The van der Waals surface area contributed by atoms with Crippen LogP contribution in [0, 0.1) is 12.7 Å². The van der Waals surface area contributed by atoms with Gasteiger partial charge in [-0.25, -0.2) is 9.37 Å². The van der Waals surface area contributed by atoms with Gasteiger partial charge in [-0.15, -0.1) is 5.10 Å². The van der Waals surface area contributed by atoms with Crippen LogP contribution >= 0.6 is 0 Å². The molecule has 0 spiro atoms. The molecule has 1 atom stereocenters. The minimum Gasteiger partial charge on any atom is -0.364 e. The van der Waals surface area contributed by atoms with Crippen LogP contribution in [-0.4, -0.2) is 61.1 Å². The summed E-state index contributed by atoms with van der Waals surface area (Å²) in [7, 11) is 1.78. The highest BCUT2D eigenvalue weighted by atomic mass is 19.1. The first-order valence-electron chi connectivity index (χ1n) is 12.7. The Morgan fingerprint density at radius 2 is 1.86 bits per heavy atom. The number of aromatic nitrogens is 5. The molecule has 2 fully saturated rings. The van der Waals surface area contributed by atoms with Crippen molar-refractivity contribution in [2.45, 2.75) is 65.0 Å². The molecule has 0 unspecified atom stereocenters. The quantitative estimate of drug-likeness (QED) is 0.510. The zero-order valence-electron chi connectivity index (χ0n) is 22.0. The molecule has 0 amide bonds. The Morgan fingerprint density at radius 1 is 1.08 bits per heavy atom. The van der Waals surface area contributed by atoms with Gasteiger partial charge in [0, 0.05) is 44.0 Å². The molecule has 9 nitrogen and oxygen atoms in total. The van der Waals surface area contributed by atoms with Crippen LogP contribution in [0.25, 0.3) is 0 Å². The molecule has 2 aromatic heterocycles. The van der Waals surface area contributed by atoms with Crippen molar-refractivity contribution in [1.29, 1.82) is 0 Å². The fourth-order valence-electron chi connectivity index (χ4n) is 5.15. The highest BCUT2D eigenvalue weighted by Gasteiger charge is 2.32. The second-order valence-electron chi connectivity index (χ2n) is 11.0. The lowest BCUT2D eigenvalue weighted by molar-refractivity contribution is 0.0799. The van der Waals surface area contributed by atoms with Crippen molar-refractivity contribution in [3.8, 4) is 0 Å². The number of hydrogen-bond acceptors (Lipinski definition) is 8. The third-order valence-corrected chi connectivity index (χ3v) is 7.00. The molecule has 36 heavy (non-hydrogen) atoms. The van der Waals surface area contributed by atoms with Gasteiger partial charge in [-0.2, -0.15) is 14.9 Å². The minimum absolute atomic E-state index is 0.104. The van der Waals surface area contributed by atoms with Gasteiger partial charge in [0.2, 0.25) is 5.95 Å². The second kappa shape index (κ2) is 9.31. The number of piperazine rings is 1. The molecule has 1 aromatic carbocycles. The fourth-order valence-corrected chi connectivity index (χ4v) is 5.15. The van der Waals surface area contributed by atoms with Crippen LogP contribution in [-0.2, 0) is 7.05 Å². The Balaban J connectivity index is 1.44. The van der Waals surface area contributed by atoms with Crippen LogP contribution in [0.1, 0.15) is 57.6 Å². The van der Waals surface area contributed by atoms with Gasteiger partial charge in [-0.3, -0.25) is 4.90 Å². The molecule has 1 saturated heterocycles. The molecule has 2 aliphatic rings. The lowest BCUT2D eigenvalue weighted by Crippen LogP contribution is -2.58. The van der Waals surface area contributed by atoms with Crippen LogP contribution < -0.4 is 15.5 Å². The third kappa shape index (κ3) is 5.13. The predicted octanol–water partition coefficient (Wildman–Crippen LogP) is 4.73. The average molecular weight is 494 g/mol. The molecule has 192 valence electrons. The molecule has 2 N–H and O–H groups in total. The van der Waals surface area contributed by atoms with Crippen LogP contribution in [0.2, 0.25) is 0 Å². The summed E-state index contributed by atoms with van der Waals surface area (Å²) in [5.74, 6) is 1.92. The summed E-state index contributed by atoms with van der Waals surface area (Å²) in [5, 5.41) is 15.2. The number of rotatable bonds is 6. The van der Waals surface area contributed by atoms with Crippen molar-refractivity contribution in [3.05, 3.63) is 41.5 Å².